The highest BCUT2D eigenvalue weighted by Crippen LogP contribution is 2.55. The topological polar surface area (TPSA) is 59.6 Å². The van der Waals surface area contributed by atoms with Crippen LogP contribution in [0.4, 0.5) is 0 Å². The van der Waals surface area contributed by atoms with Gasteiger partial charge in [-0.3, -0.25) is 4.90 Å². The van der Waals surface area contributed by atoms with E-state index < -0.39 is 0 Å². The Morgan fingerprint density at radius 3 is 2.83 bits per heavy atom. The van der Waals surface area contributed by atoms with E-state index in [1.54, 1.807) is 13.4 Å². The summed E-state index contributed by atoms with van der Waals surface area (Å²) in [6.07, 6.45) is 7.26. The summed E-state index contributed by atoms with van der Waals surface area (Å²) in [5, 5.41) is 0. The van der Waals surface area contributed by atoms with Crippen molar-refractivity contribution in [2.24, 2.45) is 11.3 Å². The average Bonchev–Trinajstić information content (AvgIpc) is 3.23. The highest BCUT2D eigenvalue weighted by molar-refractivity contribution is 5.44. The van der Waals surface area contributed by atoms with E-state index in [2.05, 4.69) is 34.8 Å². The van der Waals surface area contributed by atoms with Gasteiger partial charge in [0.25, 0.3) is 0 Å². The van der Waals surface area contributed by atoms with Gasteiger partial charge >= 0.3 is 0 Å². The summed E-state index contributed by atoms with van der Waals surface area (Å²) in [5.41, 5.74) is 2.34. The molecular formula is C23H31N3O3. The Morgan fingerprint density at radius 2 is 2.10 bits per heavy atom. The standard InChI is InChI=1S/C23H31N3O3/c1-22(2)19-11-23(6-8-26(9-7-23)13-16-12-24-15-25-16)14-28-21(19)18-10-17(27-3)4-5-20(18)29-22/h4-5,10,12,15,19,21H,6-9,11,13-14H2,1-3H3,(H,24,25)/t19-,21+/m0/s1. The van der Waals surface area contributed by atoms with Crippen LogP contribution < -0.4 is 9.47 Å². The van der Waals surface area contributed by atoms with Gasteiger partial charge in [-0.05, 0) is 69.8 Å². The lowest BCUT2D eigenvalue weighted by Gasteiger charge is -2.54. The minimum absolute atomic E-state index is 0.0810. The Balaban J connectivity index is 1.32. The van der Waals surface area contributed by atoms with Gasteiger partial charge in [-0.1, -0.05) is 0 Å². The number of piperidine rings is 1. The molecule has 0 saturated carbocycles. The number of fused-ring (bicyclic) bond motifs is 3. The van der Waals surface area contributed by atoms with Gasteiger partial charge < -0.3 is 19.2 Å². The van der Waals surface area contributed by atoms with Crippen molar-refractivity contribution in [1.29, 1.82) is 0 Å². The average molecular weight is 398 g/mol. The van der Waals surface area contributed by atoms with Crippen molar-refractivity contribution in [3.63, 3.8) is 0 Å². The number of methoxy groups -OCH3 is 1. The molecule has 2 atom stereocenters. The summed E-state index contributed by atoms with van der Waals surface area (Å²) in [5.74, 6) is 2.14. The Kier molecular flexibility index (Phi) is 4.59. The van der Waals surface area contributed by atoms with E-state index in [1.165, 1.54) is 18.5 Å². The number of nitrogens with zero attached hydrogens (tertiary/aromatic N) is 2. The lowest BCUT2D eigenvalue weighted by molar-refractivity contribution is -0.174. The second-order valence-corrected chi connectivity index (χ2v) is 9.50. The molecule has 0 radical (unpaired) electrons. The van der Waals surface area contributed by atoms with E-state index in [0.717, 1.165) is 49.7 Å². The predicted octanol–water partition coefficient (Wildman–Crippen LogP) is 3.95. The van der Waals surface area contributed by atoms with Gasteiger partial charge in [0.2, 0.25) is 0 Å². The fourth-order valence-electron chi connectivity index (χ4n) is 5.41. The molecule has 0 aliphatic carbocycles. The van der Waals surface area contributed by atoms with Crippen LogP contribution in [0.5, 0.6) is 11.5 Å². The first-order valence-electron chi connectivity index (χ1n) is 10.7. The molecule has 2 fully saturated rings. The van der Waals surface area contributed by atoms with Crippen molar-refractivity contribution < 1.29 is 14.2 Å². The number of H-pyrrole nitrogens is 1. The van der Waals surface area contributed by atoms with Crippen LogP contribution in [0.1, 0.15) is 50.5 Å². The third kappa shape index (κ3) is 3.42. The van der Waals surface area contributed by atoms with Gasteiger partial charge in [0.15, 0.2) is 0 Å². The molecule has 6 nitrogen and oxygen atoms in total. The normalized spacial score (nSPS) is 27.7. The number of imidazole rings is 1. The van der Waals surface area contributed by atoms with Crippen LogP contribution in [0.25, 0.3) is 0 Å². The molecule has 4 heterocycles. The first-order chi connectivity index (χ1) is 14.0. The van der Waals surface area contributed by atoms with Gasteiger partial charge in [0.05, 0.1) is 26.1 Å². The number of benzene rings is 1. The molecule has 2 aromatic rings. The molecule has 0 bridgehead atoms. The monoisotopic (exact) mass is 397 g/mol. The maximum Gasteiger partial charge on any atom is 0.126 e. The van der Waals surface area contributed by atoms with Gasteiger partial charge in [0.1, 0.15) is 17.1 Å². The molecule has 2 saturated heterocycles. The van der Waals surface area contributed by atoms with Crippen LogP contribution in [0, 0.1) is 11.3 Å². The minimum Gasteiger partial charge on any atom is -0.497 e. The molecule has 3 aliphatic heterocycles. The van der Waals surface area contributed by atoms with Crippen molar-refractivity contribution >= 4 is 0 Å². The smallest absolute Gasteiger partial charge is 0.126 e. The molecular weight excluding hydrogens is 366 g/mol. The summed E-state index contributed by atoms with van der Waals surface area (Å²) in [6.45, 7) is 8.42. The van der Waals surface area contributed by atoms with Crippen molar-refractivity contribution in [1.82, 2.24) is 14.9 Å². The minimum atomic E-state index is -0.243. The van der Waals surface area contributed by atoms with Crippen LogP contribution in [-0.2, 0) is 11.3 Å². The predicted molar refractivity (Wildman–Crippen MR) is 110 cm³/mol. The highest BCUT2D eigenvalue weighted by atomic mass is 16.5. The van der Waals surface area contributed by atoms with Crippen molar-refractivity contribution in [2.45, 2.75) is 51.4 Å². The van der Waals surface area contributed by atoms with E-state index in [-0.39, 0.29) is 17.1 Å². The fourth-order valence-corrected chi connectivity index (χ4v) is 5.41. The van der Waals surface area contributed by atoms with E-state index in [9.17, 15) is 0 Å². The van der Waals surface area contributed by atoms with Crippen LogP contribution in [0.2, 0.25) is 0 Å². The first kappa shape index (κ1) is 18.9. The quantitative estimate of drug-likeness (QED) is 0.850. The summed E-state index contributed by atoms with van der Waals surface area (Å²) in [6, 6.07) is 6.08. The van der Waals surface area contributed by atoms with Crippen LogP contribution in [0.15, 0.2) is 30.7 Å². The first-order valence-corrected chi connectivity index (χ1v) is 10.7. The molecule has 0 amide bonds. The maximum absolute atomic E-state index is 6.61. The van der Waals surface area contributed by atoms with Gasteiger partial charge in [-0.15, -0.1) is 0 Å². The Bertz CT molecular complexity index is 856. The Labute approximate surface area is 172 Å². The number of rotatable bonds is 3. The number of hydrogen-bond donors (Lipinski definition) is 1. The second kappa shape index (κ2) is 7.03. The Hall–Kier alpha value is -2.05. The van der Waals surface area contributed by atoms with E-state index in [1.807, 2.05) is 18.3 Å². The third-order valence-corrected chi connectivity index (χ3v) is 7.24. The number of ether oxygens (including phenoxy) is 3. The van der Waals surface area contributed by atoms with E-state index >= 15 is 0 Å². The van der Waals surface area contributed by atoms with Crippen molar-refractivity contribution in [3.8, 4) is 11.5 Å². The lowest BCUT2D eigenvalue weighted by Crippen LogP contribution is -2.54. The zero-order valence-electron chi connectivity index (χ0n) is 17.6. The highest BCUT2D eigenvalue weighted by Gasteiger charge is 2.52. The molecule has 5 rings (SSSR count). The molecule has 0 unspecified atom stereocenters. The third-order valence-electron chi connectivity index (χ3n) is 7.24. The summed E-state index contributed by atoms with van der Waals surface area (Å²) in [4.78, 5) is 9.88. The van der Waals surface area contributed by atoms with Crippen LogP contribution in [-0.4, -0.2) is 47.3 Å². The SMILES string of the molecule is COc1ccc2c(c1)[C@H]1OCC3(CCN(Cc4cnc[nH]4)CC3)C[C@@H]1C(C)(C)O2. The fraction of sp³-hybridized carbons (Fsp3) is 0.609. The molecule has 6 heteroatoms. The van der Waals surface area contributed by atoms with Crippen LogP contribution in [0.3, 0.4) is 0 Å². The maximum atomic E-state index is 6.61. The zero-order valence-corrected chi connectivity index (χ0v) is 17.6. The molecule has 1 aromatic heterocycles. The number of hydrogen-bond acceptors (Lipinski definition) is 5. The van der Waals surface area contributed by atoms with Gasteiger partial charge in [-0.25, -0.2) is 4.98 Å². The number of likely N-dealkylation sites (tertiary alicyclic amines) is 1. The number of aromatic nitrogens is 2. The zero-order chi connectivity index (χ0) is 20.1. The summed E-state index contributed by atoms with van der Waals surface area (Å²) >= 11 is 0. The molecule has 1 spiro atoms. The van der Waals surface area contributed by atoms with Gasteiger partial charge in [-0.2, -0.15) is 0 Å². The largest absolute Gasteiger partial charge is 0.497 e. The lowest BCUT2D eigenvalue weighted by atomic mass is 9.64. The van der Waals surface area contributed by atoms with E-state index in [0.29, 0.717) is 5.92 Å². The molecule has 29 heavy (non-hydrogen) atoms. The molecule has 1 N–H and O–H groups in total. The molecule has 156 valence electrons. The van der Waals surface area contributed by atoms with Crippen molar-refractivity contribution in [3.05, 3.63) is 42.0 Å². The summed E-state index contributed by atoms with van der Waals surface area (Å²) in [7, 11) is 1.71. The number of nitrogens with one attached hydrogen (secondary N) is 1. The Morgan fingerprint density at radius 1 is 1.28 bits per heavy atom. The number of aromatic amines is 1. The molecule has 1 aromatic carbocycles. The second-order valence-electron chi connectivity index (χ2n) is 9.50. The molecule has 3 aliphatic rings. The van der Waals surface area contributed by atoms with Crippen LogP contribution >= 0.6 is 0 Å². The van der Waals surface area contributed by atoms with Crippen molar-refractivity contribution in [2.75, 3.05) is 26.8 Å². The summed E-state index contributed by atoms with van der Waals surface area (Å²) < 4.78 is 18.5. The van der Waals surface area contributed by atoms with E-state index in [4.69, 9.17) is 14.2 Å². The van der Waals surface area contributed by atoms with Gasteiger partial charge in [0, 0.05) is 29.9 Å².